The molecule has 0 atom stereocenters. The Morgan fingerprint density at radius 1 is 1.08 bits per heavy atom. The van der Waals surface area contributed by atoms with Gasteiger partial charge in [-0.1, -0.05) is 32.0 Å². The van der Waals surface area contributed by atoms with Gasteiger partial charge in [-0.15, -0.1) is 0 Å². The van der Waals surface area contributed by atoms with Crippen LogP contribution in [0.5, 0.6) is 0 Å². The van der Waals surface area contributed by atoms with Crippen molar-refractivity contribution in [1.29, 1.82) is 0 Å². The number of nitrogens with zero attached hydrogens (tertiary/aromatic N) is 1. The second-order valence-corrected chi connectivity index (χ2v) is 7.53. The maximum Gasteiger partial charge on any atom is 0.255 e. The number of rotatable bonds is 3. The molecule has 0 fully saturated rings. The van der Waals surface area contributed by atoms with Gasteiger partial charge >= 0.3 is 0 Å². The molecule has 0 saturated heterocycles. The van der Waals surface area contributed by atoms with Gasteiger partial charge in [-0.2, -0.15) is 0 Å². The molecule has 122 valence electrons. The van der Waals surface area contributed by atoms with Crippen LogP contribution >= 0.6 is 11.9 Å². The molecule has 0 spiro atoms. The zero-order valence-electron chi connectivity index (χ0n) is 13.9. The minimum absolute atomic E-state index is 0.0288. The van der Waals surface area contributed by atoms with Crippen molar-refractivity contribution in [3.05, 3.63) is 70.1 Å². The molecule has 1 aliphatic heterocycles. The minimum atomic E-state index is -0.0288. The summed E-state index contributed by atoms with van der Waals surface area (Å²) in [4.78, 5) is 15.9. The summed E-state index contributed by atoms with van der Waals surface area (Å²) in [6, 6.07) is 14.5. The van der Waals surface area contributed by atoms with Crippen LogP contribution in [-0.4, -0.2) is 11.5 Å². The van der Waals surface area contributed by atoms with Crippen molar-refractivity contribution in [3.8, 4) is 0 Å². The van der Waals surface area contributed by atoms with Crippen molar-refractivity contribution >= 4 is 28.4 Å². The van der Waals surface area contributed by atoms with Crippen molar-refractivity contribution in [2.75, 3.05) is 10.8 Å². The van der Waals surface area contributed by atoms with E-state index in [-0.39, 0.29) is 5.56 Å². The van der Waals surface area contributed by atoms with Crippen LogP contribution in [-0.2, 0) is 6.42 Å². The zero-order valence-corrected chi connectivity index (χ0v) is 14.7. The first-order chi connectivity index (χ1) is 11.6. The van der Waals surface area contributed by atoms with Gasteiger partial charge in [-0.3, -0.25) is 4.79 Å². The number of fused-ring (bicyclic) bond motifs is 2. The summed E-state index contributed by atoms with van der Waals surface area (Å²) >= 11 is 1.73. The monoisotopic (exact) mass is 336 g/mol. The molecule has 3 nitrogen and oxygen atoms in total. The Hall–Kier alpha value is -2.20. The normalized spacial score (nSPS) is 13.7. The lowest BCUT2D eigenvalue weighted by atomic mass is 9.96. The van der Waals surface area contributed by atoms with Gasteiger partial charge in [0.15, 0.2) is 0 Å². The van der Waals surface area contributed by atoms with Crippen molar-refractivity contribution in [3.63, 3.8) is 0 Å². The van der Waals surface area contributed by atoms with E-state index in [0.717, 1.165) is 28.6 Å². The Morgan fingerprint density at radius 3 is 2.75 bits per heavy atom. The second kappa shape index (κ2) is 6.02. The number of aromatic amines is 1. The van der Waals surface area contributed by atoms with Crippen molar-refractivity contribution < 1.29 is 0 Å². The van der Waals surface area contributed by atoms with E-state index >= 15 is 0 Å². The molecule has 0 saturated carbocycles. The van der Waals surface area contributed by atoms with Crippen LogP contribution in [0.1, 0.15) is 30.9 Å². The molecule has 0 aliphatic carbocycles. The fourth-order valence-corrected chi connectivity index (χ4v) is 4.56. The molecule has 4 rings (SSSR count). The summed E-state index contributed by atoms with van der Waals surface area (Å²) in [5.74, 6) is 0.543. The summed E-state index contributed by atoms with van der Waals surface area (Å²) in [5.41, 5.74) is 4.20. The number of pyridine rings is 1. The second-order valence-electron chi connectivity index (χ2n) is 6.47. The topological polar surface area (TPSA) is 36.1 Å². The van der Waals surface area contributed by atoms with Crippen LogP contribution in [0.3, 0.4) is 0 Å². The molecule has 2 aromatic carbocycles. The van der Waals surface area contributed by atoms with E-state index < -0.39 is 0 Å². The highest BCUT2D eigenvalue weighted by Crippen LogP contribution is 2.41. The van der Waals surface area contributed by atoms with Gasteiger partial charge in [-0.05, 0) is 59.7 Å². The SMILES string of the molecule is CC(C)c1cccc2c1CCN2Sc1cccc2c(=O)[nH]ccc12. The van der Waals surface area contributed by atoms with E-state index in [0.29, 0.717) is 5.92 Å². The predicted octanol–water partition coefficient (Wildman–Crippen LogP) is 4.72. The first-order valence-corrected chi connectivity index (χ1v) is 9.10. The standard InChI is InChI=1S/C20H20N2OS/c1-13(2)14-5-3-7-18-15(14)10-12-22(18)24-19-8-4-6-17-16(19)9-11-21-20(17)23/h3-9,11,13H,10,12H2,1-2H3,(H,21,23). The maximum absolute atomic E-state index is 12.0. The lowest BCUT2D eigenvalue weighted by Gasteiger charge is -2.19. The summed E-state index contributed by atoms with van der Waals surface area (Å²) in [6.45, 7) is 5.51. The van der Waals surface area contributed by atoms with Gasteiger partial charge in [0.05, 0.1) is 5.69 Å². The quantitative estimate of drug-likeness (QED) is 0.703. The van der Waals surface area contributed by atoms with E-state index in [1.807, 2.05) is 18.2 Å². The largest absolute Gasteiger partial charge is 0.329 e. The zero-order chi connectivity index (χ0) is 16.7. The predicted molar refractivity (Wildman–Crippen MR) is 102 cm³/mol. The lowest BCUT2D eigenvalue weighted by molar-refractivity contribution is 0.849. The Balaban J connectivity index is 1.74. The molecule has 0 unspecified atom stereocenters. The molecular formula is C20H20N2OS. The van der Waals surface area contributed by atoms with E-state index in [1.165, 1.54) is 16.8 Å². The van der Waals surface area contributed by atoms with E-state index in [9.17, 15) is 4.79 Å². The van der Waals surface area contributed by atoms with Gasteiger partial charge in [-0.25, -0.2) is 0 Å². The fraction of sp³-hybridized carbons (Fsp3) is 0.250. The van der Waals surface area contributed by atoms with Crippen LogP contribution in [0.25, 0.3) is 10.8 Å². The Morgan fingerprint density at radius 2 is 1.92 bits per heavy atom. The molecule has 1 aromatic heterocycles. The number of anilines is 1. The highest BCUT2D eigenvalue weighted by Gasteiger charge is 2.23. The number of aromatic nitrogens is 1. The van der Waals surface area contributed by atoms with Gasteiger partial charge in [0.25, 0.3) is 5.56 Å². The number of hydrogen-bond acceptors (Lipinski definition) is 3. The summed E-state index contributed by atoms with van der Waals surface area (Å²) in [5, 5.41) is 1.76. The minimum Gasteiger partial charge on any atom is -0.329 e. The maximum atomic E-state index is 12.0. The average molecular weight is 336 g/mol. The van der Waals surface area contributed by atoms with E-state index in [2.05, 4.69) is 47.4 Å². The number of nitrogens with one attached hydrogen (secondary N) is 1. The Labute approximate surface area is 145 Å². The first kappa shape index (κ1) is 15.3. The highest BCUT2D eigenvalue weighted by atomic mass is 32.2. The van der Waals surface area contributed by atoms with Crippen molar-refractivity contribution in [2.24, 2.45) is 0 Å². The first-order valence-electron chi connectivity index (χ1n) is 8.33. The van der Waals surface area contributed by atoms with E-state index in [4.69, 9.17) is 0 Å². The highest BCUT2D eigenvalue weighted by molar-refractivity contribution is 8.00. The molecule has 3 aromatic rings. The van der Waals surface area contributed by atoms with Crippen LogP contribution in [0.4, 0.5) is 5.69 Å². The number of H-pyrrole nitrogens is 1. The van der Waals surface area contributed by atoms with Crippen molar-refractivity contribution in [2.45, 2.75) is 31.1 Å². The lowest BCUT2D eigenvalue weighted by Crippen LogP contribution is -2.11. The van der Waals surface area contributed by atoms with Gasteiger partial charge < -0.3 is 9.29 Å². The van der Waals surface area contributed by atoms with Gasteiger partial charge in [0.1, 0.15) is 0 Å². The molecule has 0 amide bonds. The van der Waals surface area contributed by atoms with Crippen LogP contribution in [0, 0.1) is 0 Å². The molecular weight excluding hydrogens is 316 g/mol. The third kappa shape index (κ3) is 2.51. The van der Waals surface area contributed by atoms with E-state index in [1.54, 1.807) is 18.1 Å². The molecule has 2 heterocycles. The van der Waals surface area contributed by atoms with Gasteiger partial charge in [0.2, 0.25) is 0 Å². The fourth-order valence-electron chi connectivity index (χ4n) is 3.46. The molecule has 1 N–H and O–H groups in total. The number of hydrogen-bond donors (Lipinski definition) is 1. The van der Waals surface area contributed by atoms with Crippen LogP contribution in [0.15, 0.2) is 58.4 Å². The molecule has 1 aliphatic rings. The summed E-state index contributed by atoms with van der Waals surface area (Å²) in [7, 11) is 0. The third-order valence-electron chi connectivity index (χ3n) is 4.63. The van der Waals surface area contributed by atoms with Crippen LogP contribution in [0.2, 0.25) is 0 Å². The molecule has 24 heavy (non-hydrogen) atoms. The molecule has 4 heteroatoms. The third-order valence-corrected chi connectivity index (χ3v) is 5.78. The van der Waals surface area contributed by atoms with Crippen LogP contribution < -0.4 is 9.86 Å². The summed E-state index contributed by atoms with van der Waals surface area (Å²) in [6.07, 6.45) is 2.81. The molecule has 0 bridgehead atoms. The molecule has 0 radical (unpaired) electrons. The smallest absolute Gasteiger partial charge is 0.255 e. The van der Waals surface area contributed by atoms with Gasteiger partial charge in [0, 0.05) is 28.4 Å². The average Bonchev–Trinajstić information content (AvgIpc) is 2.99. The Bertz CT molecular complexity index is 961. The summed E-state index contributed by atoms with van der Waals surface area (Å²) < 4.78 is 2.36. The van der Waals surface area contributed by atoms with Crippen molar-refractivity contribution in [1.82, 2.24) is 4.98 Å². The Kier molecular flexibility index (Phi) is 3.85. The number of benzene rings is 2.